The predicted molar refractivity (Wildman–Crippen MR) is 78.4 cm³/mol. The topological polar surface area (TPSA) is 71.5 Å². The molecule has 110 valence electrons. The molecule has 0 bridgehead atoms. The molecule has 1 aromatic heterocycles. The van der Waals surface area contributed by atoms with Gasteiger partial charge in [-0.3, -0.25) is 9.59 Å². The van der Waals surface area contributed by atoms with E-state index in [2.05, 4.69) is 26.2 Å². The van der Waals surface area contributed by atoms with Crippen molar-refractivity contribution in [2.45, 2.75) is 6.42 Å². The van der Waals surface area contributed by atoms with Crippen LogP contribution in [0.2, 0.25) is 0 Å². The van der Waals surface area contributed by atoms with Gasteiger partial charge < -0.3 is 15.0 Å². The summed E-state index contributed by atoms with van der Waals surface area (Å²) in [5.41, 5.74) is 0.447. The van der Waals surface area contributed by atoms with Crippen LogP contribution in [-0.2, 0) is 9.53 Å². The van der Waals surface area contributed by atoms with Crippen molar-refractivity contribution in [1.29, 1.82) is 0 Å². The van der Waals surface area contributed by atoms with Gasteiger partial charge >= 0.3 is 0 Å². The number of nitrogens with one attached hydrogen (secondary N) is 1. The van der Waals surface area contributed by atoms with E-state index in [4.69, 9.17) is 4.74 Å². The Kier molecular flexibility index (Phi) is 7.17. The van der Waals surface area contributed by atoms with E-state index in [0.717, 1.165) is 6.42 Å². The van der Waals surface area contributed by atoms with E-state index in [-0.39, 0.29) is 18.4 Å². The monoisotopic (exact) mass is 343 g/mol. The molecule has 6 nitrogen and oxygen atoms in total. The summed E-state index contributed by atoms with van der Waals surface area (Å²) in [6, 6.07) is 3.35. The minimum atomic E-state index is -0.239. The van der Waals surface area contributed by atoms with Gasteiger partial charge in [0.25, 0.3) is 5.91 Å². The minimum absolute atomic E-state index is 0.0158. The van der Waals surface area contributed by atoms with Crippen LogP contribution in [0.25, 0.3) is 0 Å². The van der Waals surface area contributed by atoms with Crippen molar-refractivity contribution >= 4 is 27.7 Å². The van der Waals surface area contributed by atoms with Crippen LogP contribution in [0.3, 0.4) is 0 Å². The second-order valence-electron chi connectivity index (χ2n) is 4.23. The SMILES string of the molecule is COCCCNC(=O)CN(C)C(=O)c1ccc(Br)nc1. The number of hydrogen-bond donors (Lipinski definition) is 1. The molecule has 0 saturated heterocycles. The van der Waals surface area contributed by atoms with Gasteiger partial charge in [-0.05, 0) is 34.5 Å². The van der Waals surface area contributed by atoms with E-state index in [1.54, 1.807) is 26.3 Å². The maximum atomic E-state index is 12.0. The third-order valence-corrected chi connectivity index (χ3v) is 3.02. The lowest BCUT2D eigenvalue weighted by molar-refractivity contribution is -0.121. The molecule has 1 aromatic rings. The van der Waals surface area contributed by atoms with Crippen LogP contribution in [0.1, 0.15) is 16.8 Å². The van der Waals surface area contributed by atoms with Crippen LogP contribution in [0.15, 0.2) is 22.9 Å². The van der Waals surface area contributed by atoms with Gasteiger partial charge in [-0.15, -0.1) is 0 Å². The number of carbonyl (C=O) groups is 2. The van der Waals surface area contributed by atoms with Crippen LogP contribution in [0, 0.1) is 0 Å². The lowest BCUT2D eigenvalue weighted by atomic mass is 10.2. The number of likely N-dealkylation sites (N-methyl/N-ethyl adjacent to an activating group) is 1. The number of rotatable bonds is 7. The number of nitrogens with zero attached hydrogens (tertiary/aromatic N) is 2. The van der Waals surface area contributed by atoms with Gasteiger partial charge in [0.1, 0.15) is 4.60 Å². The smallest absolute Gasteiger partial charge is 0.255 e. The molecule has 0 unspecified atom stereocenters. The zero-order valence-electron chi connectivity index (χ0n) is 11.6. The Morgan fingerprint density at radius 1 is 1.45 bits per heavy atom. The van der Waals surface area contributed by atoms with Gasteiger partial charge in [0.2, 0.25) is 5.91 Å². The molecule has 0 radical (unpaired) electrons. The normalized spacial score (nSPS) is 10.2. The maximum absolute atomic E-state index is 12.0. The summed E-state index contributed by atoms with van der Waals surface area (Å²) in [5.74, 6) is -0.431. The molecule has 0 aromatic carbocycles. The Balaban J connectivity index is 2.41. The highest BCUT2D eigenvalue weighted by Crippen LogP contribution is 2.08. The van der Waals surface area contributed by atoms with Crippen LogP contribution < -0.4 is 5.32 Å². The molecule has 20 heavy (non-hydrogen) atoms. The van der Waals surface area contributed by atoms with Crippen molar-refractivity contribution in [2.24, 2.45) is 0 Å². The number of amides is 2. The first kappa shape index (κ1) is 16.6. The first-order valence-corrected chi connectivity index (χ1v) is 6.96. The lowest BCUT2D eigenvalue weighted by Gasteiger charge is -2.16. The quantitative estimate of drug-likeness (QED) is 0.593. The summed E-state index contributed by atoms with van der Waals surface area (Å²) in [5, 5.41) is 2.73. The van der Waals surface area contributed by atoms with Gasteiger partial charge in [-0.25, -0.2) is 4.98 Å². The van der Waals surface area contributed by atoms with Crippen molar-refractivity contribution < 1.29 is 14.3 Å². The first-order chi connectivity index (χ1) is 9.54. The molecule has 0 aliphatic carbocycles. The summed E-state index contributed by atoms with van der Waals surface area (Å²) in [6.07, 6.45) is 2.22. The molecule has 2 amide bonds. The Morgan fingerprint density at radius 2 is 2.20 bits per heavy atom. The average Bonchev–Trinajstić information content (AvgIpc) is 2.43. The fourth-order valence-corrected chi connectivity index (χ4v) is 1.74. The van der Waals surface area contributed by atoms with Gasteiger partial charge in [-0.2, -0.15) is 0 Å². The highest BCUT2D eigenvalue weighted by molar-refractivity contribution is 9.10. The molecular weight excluding hydrogens is 326 g/mol. The van der Waals surface area contributed by atoms with E-state index in [0.29, 0.717) is 23.3 Å². The van der Waals surface area contributed by atoms with Crippen LogP contribution in [-0.4, -0.2) is 55.6 Å². The van der Waals surface area contributed by atoms with Gasteiger partial charge in [0.15, 0.2) is 0 Å². The summed E-state index contributed by atoms with van der Waals surface area (Å²) < 4.78 is 5.54. The fraction of sp³-hybridized carbons (Fsp3) is 0.462. The number of pyridine rings is 1. The molecule has 0 saturated carbocycles. The van der Waals surface area contributed by atoms with Gasteiger partial charge in [0, 0.05) is 33.5 Å². The van der Waals surface area contributed by atoms with Crippen molar-refractivity contribution in [3.63, 3.8) is 0 Å². The zero-order valence-corrected chi connectivity index (χ0v) is 13.1. The van der Waals surface area contributed by atoms with Crippen molar-refractivity contribution in [3.8, 4) is 0 Å². The Bertz CT molecular complexity index is 451. The summed E-state index contributed by atoms with van der Waals surface area (Å²) in [7, 11) is 3.19. The fourth-order valence-electron chi connectivity index (χ4n) is 1.51. The minimum Gasteiger partial charge on any atom is -0.385 e. The number of hydrogen-bond acceptors (Lipinski definition) is 4. The van der Waals surface area contributed by atoms with E-state index in [9.17, 15) is 9.59 Å². The summed E-state index contributed by atoms with van der Waals surface area (Å²) in [6.45, 7) is 1.15. The molecule has 1 heterocycles. The maximum Gasteiger partial charge on any atom is 0.255 e. The Morgan fingerprint density at radius 3 is 2.80 bits per heavy atom. The van der Waals surface area contributed by atoms with Crippen LogP contribution in [0.5, 0.6) is 0 Å². The molecule has 7 heteroatoms. The van der Waals surface area contributed by atoms with Crippen molar-refractivity contribution in [3.05, 3.63) is 28.5 Å². The van der Waals surface area contributed by atoms with E-state index >= 15 is 0 Å². The molecule has 1 rings (SSSR count). The molecule has 0 fully saturated rings. The van der Waals surface area contributed by atoms with Crippen molar-refractivity contribution in [2.75, 3.05) is 33.9 Å². The Labute approximate surface area is 126 Å². The highest BCUT2D eigenvalue weighted by Gasteiger charge is 2.14. The highest BCUT2D eigenvalue weighted by atomic mass is 79.9. The second-order valence-corrected chi connectivity index (χ2v) is 5.04. The van der Waals surface area contributed by atoms with Crippen molar-refractivity contribution in [1.82, 2.24) is 15.2 Å². The average molecular weight is 344 g/mol. The number of ether oxygens (including phenoxy) is 1. The zero-order chi connectivity index (χ0) is 15.0. The van der Waals surface area contributed by atoms with E-state index in [1.165, 1.54) is 11.1 Å². The first-order valence-electron chi connectivity index (χ1n) is 6.17. The third kappa shape index (κ3) is 5.66. The second kappa shape index (κ2) is 8.65. The largest absolute Gasteiger partial charge is 0.385 e. The van der Waals surface area contributed by atoms with Crippen LogP contribution in [0.4, 0.5) is 0 Å². The number of halogens is 1. The molecule has 1 N–H and O–H groups in total. The van der Waals surface area contributed by atoms with Gasteiger partial charge in [-0.1, -0.05) is 0 Å². The molecule has 0 spiro atoms. The van der Waals surface area contributed by atoms with Crippen LogP contribution >= 0.6 is 15.9 Å². The van der Waals surface area contributed by atoms with Gasteiger partial charge in [0.05, 0.1) is 12.1 Å². The number of methoxy groups -OCH3 is 1. The molecular formula is C13H18BrN3O3. The third-order valence-electron chi connectivity index (χ3n) is 2.55. The standard InChI is InChI=1S/C13H18BrN3O3/c1-17(9-12(18)15-6-3-7-20-2)13(19)10-4-5-11(14)16-8-10/h4-5,8H,3,6-7,9H2,1-2H3,(H,15,18). The lowest BCUT2D eigenvalue weighted by Crippen LogP contribution is -2.38. The summed E-state index contributed by atoms with van der Waals surface area (Å²) in [4.78, 5) is 29.0. The number of aromatic nitrogens is 1. The molecule has 0 atom stereocenters. The molecule has 0 aliphatic heterocycles. The van der Waals surface area contributed by atoms with E-state index < -0.39 is 0 Å². The number of carbonyl (C=O) groups excluding carboxylic acids is 2. The van der Waals surface area contributed by atoms with E-state index in [1.807, 2.05) is 0 Å². The predicted octanol–water partition coefficient (Wildman–Crippen LogP) is 1.07. The summed E-state index contributed by atoms with van der Waals surface area (Å²) >= 11 is 3.20. The molecule has 0 aliphatic rings. The Hall–Kier alpha value is -1.47.